The maximum absolute atomic E-state index is 12.1. The van der Waals surface area contributed by atoms with Crippen LogP contribution < -0.4 is 4.72 Å². The number of rotatable bonds is 4. The minimum atomic E-state index is -3.98. The van der Waals surface area contributed by atoms with Crippen LogP contribution >= 0.6 is 11.6 Å². The zero-order chi connectivity index (χ0) is 15.5. The number of amides is 1. The molecule has 0 aliphatic heterocycles. The number of nitrogens with zero attached hydrogens (tertiary/aromatic N) is 1. The fourth-order valence-electron chi connectivity index (χ4n) is 1.71. The highest BCUT2D eigenvalue weighted by molar-refractivity contribution is 7.90. The zero-order valence-corrected chi connectivity index (χ0v) is 12.7. The van der Waals surface area contributed by atoms with Crippen molar-refractivity contribution in [1.82, 2.24) is 9.71 Å². The number of carbonyl (C=O) groups excluding carboxylic acids is 1. The third kappa shape index (κ3) is 3.80. The predicted molar refractivity (Wildman–Crippen MR) is 79.4 cm³/mol. The Bertz CT molecular complexity index is 748. The second-order valence-corrected chi connectivity index (χ2v) is 6.56. The molecule has 7 heteroatoms. The SMILES string of the molecule is C[C@@H](C(=O)NS(=O)(=O)c1cncc(Cl)c1)c1ccccc1. The van der Waals surface area contributed by atoms with Gasteiger partial charge in [-0.25, -0.2) is 13.1 Å². The van der Waals surface area contributed by atoms with Gasteiger partial charge in [-0.15, -0.1) is 0 Å². The standard InChI is InChI=1S/C14H13ClN2O3S/c1-10(11-5-3-2-4-6-11)14(18)17-21(19,20)13-7-12(15)8-16-9-13/h2-10H,1H3,(H,17,18)/t10-/m1/s1. The lowest BCUT2D eigenvalue weighted by molar-refractivity contribution is -0.120. The van der Waals surface area contributed by atoms with Gasteiger partial charge in [-0.05, 0) is 18.6 Å². The van der Waals surface area contributed by atoms with Gasteiger partial charge < -0.3 is 0 Å². The van der Waals surface area contributed by atoms with E-state index in [4.69, 9.17) is 11.6 Å². The molecule has 1 aromatic heterocycles. The Morgan fingerprint density at radius 3 is 2.52 bits per heavy atom. The van der Waals surface area contributed by atoms with E-state index >= 15 is 0 Å². The molecule has 0 unspecified atom stereocenters. The number of pyridine rings is 1. The van der Waals surface area contributed by atoms with E-state index in [1.807, 2.05) is 10.8 Å². The Morgan fingerprint density at radius 2 is 1.90 bits per heavy atom. The summed E-state index contributed by atoms with van der Waals surface area (Å²) in [6.45, 7) is 1.64. The average Bonchev–Trinajstić information content (AvgIpc) is 2.47. The van der Waals surface area contributed by atoms with Crippen molar-refractivity contribution in [2.75, 3.05) is 0 Å². The van der Waals surface area contributed by atoms with Crippen molar-refractivity contribution >= 4 is 27.5 Å². The van der Waals surface area contributed by atoms with Crippen LogP contribution in [0.1, 0.15) is 18.4 Å². The van der Waals surface area contributed by atoms with Gasteiger partial charge in [0.1, 0.15) is 4.90 Å². The zero-order valence-electron chi connectivity index (χ0n) is 11.2. The Hall–Kier alpha value is -1.92. The van der Waals surface area contributed by atoms with Gasteiger partial charge >= 0.3 is 0 Å². The van der Waals surface area contributed by atoms with Crippen LogP contribution in [0.2, 0.25) is 5.02 Å². The number of halogens is 1. The van der Waals surface area contributed by atoms with Crippen LogP contribution in [-0.2, 0) is 14.8 Å². The Kier molecular flexibility index (Phi) is 4.59. The maximum atomic E-state index is 12.1. The van der Waals surface area contributed by atoms with E-state index in [1.54, 1.807) is 31.2 Å². The van der Waals surface area contributed by atoms with Crippen molar-refractivity contribution in [2.45, 2.75) is 17.7 Å². The minimum Gasteiger partial charge on any atom is -0.273 e. The molecule has 0 saturated carbocycles. The van der Waals surface area contributed by atoms with Crippen LogP contribution in [0.3, 0.4) is 0 Å². The van der Waals surface area contributed by atoms with Crippen molar-refractivity contribution in [3.63, 3.8) is 0 Å². The van der Waals surface area contributed by atoms with Gasteiger partial charge in [-0.3, -0.25) is 9.78 Å². The lowest BCUT2D eigenvalue weighted by Gasteiger charge is -2.12. The summed E-state index contributed by atoms with van der Waals surface area (Å²) in [6, 6.07) is 10.2. The molecule has 1 heterocycles. The van der Waals surface area contributed by atoms with Gasteiger partial charge in [-0.2, -0.15) is 0 Å². The molecule has 0 fully saturated rings. The second-order valence-electron chi connectivity index (χ2n) is 4.44. The fourth-order valence-corrected chi connectivity index (χ4v) is 2.99. The summed E-state index contributed by atoms with van der Waals surface area (Å²) in [7, 11) is -3.98. The summed E-state index contributed by atoms with van der Waals surface area (Å²) in [5, 5.41) is 0.182. The summed E-state index contributed by atoms with van der Waals surface area (Å²) in [6.07, 6.45) is 2.45. The molecule has 1 aromatic carbocycles. The van der Waals surface area contributed by atoms with Crippen molar-refractivity contribution in [3.8, 4) is 0 Å². The normalized spacial score (nSPS) is 12.7. The third-order valence-electron chi connectivity index (χ3n) is 2.92. The maximum Gasteiger partial charge on any atom is 0.265 e. The van der Waals surface area contributed by atoms with Crippen molar-refractivity contribution in [1.29, 1.82) is 0 Å². The van der Waals surface area contributed by atoms with E-state index in [0.29, 0.717) is 0 Å². The summed E-state index contributed by atoms with van der Waals surface area (Å²) >= 11 is 5.71. The molecule has 0 bridgehead atoms. The Labute approximate surface area is 128 Å². The molecule has 0 spiro atoms. The van der Waals surface area contributed by atoms with Crippen molar-refractivity contribution in [2.24, 2.45) is 0 Å². The van der Waals surface area contributed by atoms with E-state index in [-0.39, 0.29) is 9.92 Å². The molecule has 0 aliphatic carbocycles. The monoisotopic (exact) mass is 324 g/mol. The largest absolute Gasteiger partial charge is 0.273 e. The van der Waals surface area contributed by atoms with Crippen LogP contribution in [0.15, 0.2) is 53.7 Å². The number of hydrogen-bond donors (Lipinski definition) is 1. The number of aromatic nitrogens is 1. The van der Waals surface area contributed by atoms with Crippen LogP contribution in [0.4, 0.5) is 0 Å². The molecule has 2 aromatic rings. The molecule has 2 rings (SSSR count). The first-order chi connectivity index (χ1) is 9.90. The summed E-state index contributed by atoms with van der Waals surface area (Å²) < 4.78 is 26.2. The topological polar surface area (TPSA) is 76.1 Å². The summed E-state index contributed by atoms with van der Waals surface area (Å²) in [4.78, 5) is 15.6. The number of carbonyl (C=O) groups is 1. The molecule has 0 aliphatic rings. The minimum absolute atomic E-state index is 0.149. The van der Waals surface area contributed by atoms with Gasteiger partial charge in [0.25, 0.3) is 10.0 Å². The number of sulfonamides is 1. The van der Waals surface area contributed by atoms with Crippen molar-refractivity contribution in [3.05, 3.63) is 59.4 Å². The molecular weight excluding hydrogens is 312 g/mol. The number of hydrogen-bond acceptors (Lipinski definition) is 4. The van der Waals surface area contributed by atoms with Gasteiger partial charge in [0.2, 0.25) is 5.91 Å². The quantitative estimate of drug-likeness (QED) is 0.936. The molecular formula is C14H13ClN2O3S. The lowest BCUT2D eigenvalue weighted by Crippen LogP contribution is -2.33. The molecule has 1 N–H and O–H groups in total. The molecule has 1 atom stereocenters. The smallest absolute Gasteiger partial charge is 0.265 e. The highest BCUT2D eigenvalue weighted by Gasteiger charge is 2.23. The van der Waals surface area contributed by atoms with Crippen molar-refractivity contribution < 1.29 is 13.2 Å². The molecule has 5 nitrogen and oxygen atoms in total. The highest BCUT2D eigenvalue weighted by Crippen LogP contribution is 2.17. The first kappa shape index (κ1) is 15.5. The molecule has 110 valence electrons. The number of benzene rings is 1. The molecule has 1 amide bonds. The molecule has 0 radical (unpaired) electrons. The average molecular weight is 325 g/mol. The Balaban J connectivity index is 2.19. The van der Waals surface area contributed by atoms with Gasteiger partial charge in [0.15, 0.2) is 0 Å². The fraction of sp³-hybridized carbons (Fsp3) is 0.143. The summed E-state index contributed by atoms with van der Waals surface area (Å²) in [5.41, 5.74) is 0.731. The Morgan fingerprint density at radius 1 is 1.24 bits per heavy atom. The highest BCUT2D eigenvalue weighted by atomic mass is 35.5. The first-order valence-corrected chi connectivity index (χ1v) is 7.98. The first-order valence-electron chi connectivity index (χ1n) is 6.12. The van der Waals surface area contributed by atoms with Crippen LogP contribution in [-0.4, -0.2) is 19.3 Å². The van der Waals surface area contributed by atoms with E-state index in [0.717, 1.165) is 11.8 Å². The van der Waals surface area contributed by atoms with Crippen LogP contribution in [0.5, 0.6) is 0 Å². The summed E-state index contributed by atoms with van der Waals surface area (Å²) in [5.74, 6) is -1.20. The van der Waals surface area contributed by atoms with Gasteiger partial charge in [-0.1, -0.05) is 41.9 Å². The second kappa shape index (κ2) is 6.24. The van der Waals surface area contributed by atoms with E-state index in [9.17, 15) is 13.2 Å². The van der Waals surface area contributed by atoms with E-state index < -0.39 is 21.8 Å². The van der Waals surface area contributed by atoms with Crippen LogP contribution in [0, 0.1) is 0 Å². The predicted octanol–water partition coefficient (Wildman–Crippen LogP) is 2.34. The number of nitrogens with one attached hydrogen (secondary N) is 1. The molecule has 0 saturated heterocycles. The van der Waals surface area contributed by atoms with Gasteiger partial charge in [0, 0.05) is 12.4 Å². The van der Waals surface area contributed by atoms with E-state index in [1.165, 1.54) is 12.3 Å². The molecule has 21 heavy (non-hydrogen) atoms. The lowest BCUT2D eigenvalue weighted by atomic mass is 10.0. The van der Waals surface area contributed by atoms with E-state index in [2.05, 4.69) is 4.98 Å². The van der Waals surface area contributed by atoms with Crippen LogP contribution in [0.25, 0.3) is 0 Å². The third-order valence-corrected chi connectivity index (χ3v) is 4.44. The van der Waals surface area contributed by atoms with Gasteiger partial charge in [0.05, 0.1) is 10.9 Å².